The van der Waals surface area contributed by atoms with Gasteiger partial charge in [-0.25, -0.2) is 0 Å². The van der Waals surface area contributed by atoms with Crippen molar-refractivity contribution in [2.75, 3.05) is 19.7 Å². The summed E-state index contributed by atoms with van der Waals surface area (Å²) >= 11 is 0. The molecular formula is C11H22N2O. The van der Waals surface area contributed by atoms with Crippen molar-refractivity contribution in [3.63, 3.8) is 0 Å². The predicted molar refractivity (Wildman–Crippen MR) is 57.0 cm³/mol. The smallest absolute Gasteiger partial charge is 0.0595 e. The molecule has 0 amide bonds. The highest BCUT2D eigenvalue weighted by Gasteiger charge is 2.35. The van der Waals surface area contributed by atoms with Crippen LogP contribution in [0.5, 0.6) is 0 Å². The predicted octanol–water partition coefficient (Wildman–Crippen LogP) is 0.570. The van der Waals surface area contributed by atoms with Crippen LogP contribution in [0.3, 0.4) is 0 Å². The van der Waals surface area contributed by atoms with Crippen molar-refractivity contribution in [1.82, 2.24) is 4.90 Å². The SMILES string of the molecule is NC(CO)CN1CCCC2CCCC21. The Bertz CT molecular complexity index is 186. The Balaban J connectivity index is 1.90. The topological polar surface area (TPSA) is 49.5 Å². The van der Waals surface area contributed by atoms with E-state index in [1.165, 1.54) is 38.6 Å². The van der Waals surface area contributed by atoms with Crippen molar-refractivity contribution >= 4 is 0 Å². The number of likely N-dealkylation sites (tertiary alicyclic amines) is 1. The summed E-state index contributed by atoms with van der Waals surface area (Å²) in [6.45, 7) is 2.19. The van der Waals surface area contributed by atoms with E-state index in [2.05, 4.69) is 4.90 Å². The molecule has 1 aliphatic heterocycles. The number of aliphatic hydroxyl groups excluding tert-OH is 1. The maximum atomic E-state index is 8.95. The summed E-state index contributed by atoms with van der Waals surface area (Å²) in [4.78, 5) is 2.52. The fraction of sp³-hybridized carbons (Fsp3) is 1.00. The van der Waals surface area contributed by atoms with E-state index in [9.17, 15) is 0 Å². The lowest BCUT2D eigenvalue weighted by atomic mass is 9.91. The van der Waals surface area contributed by atoms with Crippen LogP contribution in [0.15, 0.2) is 0 Å². The molecule has 0 aromatic carbocycles. The Morgan fingerprint density at radius 2 is 2.07 bits per heavy atom. The standard InChI is InChI=1S/C11H22N2O/c12-10(8-14)7-13-6-2-4-9-3-1-5-11(9)13/h9-11,14H,1-8,12H2. The zero-order valence-corrected chi connectivity index (χ0v) is 8.86. The second-order valence-corrected chi connectivity index (χ2v) is 4.84. The molecule has 1 heterocycles. The van der Waals surface area contributed by atoms with E-state index in [0.29, 0.717) is 0 Å². The second kappa shape index (κ2) is 4.60. The molecule has 0 radical (unpaired) electrons. The van der Waals surface area contributed by atoms with Gasteiger partial charge in [0.25, 0.3) is 0 Å². The summed E-state index contributed by atoms with van der Waals surface area (Å²) in [5.41, 5.74) is 5.79. The monoisotopic (exact) mass is 198 g/mol. The highest BCUT2D eigenvalue weighted by Crippen LogP contribution is 2.36. The van der Waals surface area contributed by atoms with Gasteiger partial charge in [-0.2, -0.15) is 0 Å². The van der Waals surface area contributed by atoms with Crippen molar-refractivity contribution < 1.29 is 5.11 Å². The molecule has 0 aromatic rings. The molecule has 1 saturated carbocycles. The largest absolute Gasteiger partial charge is 0.395 e. The van der Waals surface area contributed by atoms with Crippen LogP contribution in [-0.4, -0.2) is 41.8 Å². The summed E-state index contributed by atoms with van der Waals surface area (Å²) in [5.74, 6) is 0.926. The zero-order valence-electron chi connectivity index (χ0n) is 8.86. The van der Waals surface area contributed by atoms with Gasteiger partial charge in [-0.3, -0.25) is 4.90 Å². The maximum Gasteiger partial charge on any atom is 0.0595 e. The molecule has 0 bridgehead atoms. The van der Waals surface area contributed by atoms with E-state index in [0.717, 1.165) is 18.5 Å². The van der Waals surface area contributed by atoms with Crippen molar-refractivity contribution in [1.29, 1.82) is 0 Å². The van der Waals surface area contributed by atoms with Crippen LogP contribution in [0.1, 0.15) is 32.1 Å². The molecule has 0 aromatic heterocycles. The molecular weight excluding hydrogens is 176 g/mol. The first kappa shape index (κ1) is 10.4. The van der Waals surface area contributed by atoms with E-state index in [1.54, 1.807) is 0 Å². The van der Waals surface area contributed by atoms with E-state index < -0.39 is 0 Å². The van der Waals surface area contributed by atoms with Gasteiger partial charge in [0.1, 0.15) is 0 Å². The van der Waals surface area contributed by atoms with Crippen LogP contribution in [0.25, 0.3) is 0 Å². The maximum absolute atomic E-state index is 8.95. The number of nitrogens with zero attached hydrogens (tertiary/aromatic N) is 1. The van der Waals surface area contributed by atoms with Crippen LogP contribution in [-0.2, 0) is 0 Å². The molecule has 2 aliphatic rings. The summed E-state index contributed by atoms with van der Waals surface area (Å²) in [6.07, 6.45) is 6.88. The molecule has 3 atom stereocenters. The molecule has 82 valence electrons. The number of nitrogens with two attached hydrogens (primary N) is 1. The van der Waals surface area contributed by atoms with Gasteiger partial charge in [0, 0.05) is 18.6 Å². The molecule has 3 unspecified atom stereocenters. The zero-order chi connectivity index (χ0) is 9.97. The van der Waals surface area contributed by atoms with Gasteiger partial charge in [-0.05, 0) is 38.1 Å². The van der Waals surface area contributed by atoms with Gasteiger partial charge in [-0.15, -0.1) is 0 Å². The average molecular weight is 198 g/mol. The summed E-state index contributed by atoms with van der Waals surface area (Å²) < 4.78 is 0. The third-order valence-electron chi connectivity index (χ3n) is 3.81. The first-order valence-corrected chi connectivity index (χ1v) is 5.91. The molecule has 2 rings (SSSR count). The third kappa shape index (κ3) is 2.10. The third-order valence-corrected chi connectivity index (χ3v) is 3.81. The number of piperidine rings is 1. The highest BCUT2D eigenvalue weighted by molar-refractivity contribution is 4.90. The lowest BCUT2D eigenvalue weighted by Crippen LogP contribution is -2.48. The van der Waals surface area contributed by atoms with Crippen LogP contribution in [0.4, 0.5) is 0 Å². The van der Waals surface area contributed by atoms with E-state index in [1.807, 2.05) is 0 Å². The number of rotatable bonds is 3. The minimum absolute atomic E-state index is 0.0469. The Kier molecular flexibility index (Phi) is 3.42. The van der Waals surface area contributed by atoms with Gasteiger partial charge in [0.05, 0.1) is 6.61 Å². The first-order chi connectivity index (χ1) is 6.81. The van der Waals surface area contributed by atoms with E-state index in [4.69, 9.17) is 10.8 Å². The van der Waals surface area contributed by atoms with Crippen molar-refractivity contribution in [2.24, 2.45) is 11.7 Å². The van der Waals surface area contributed by atoms with Crippen molar-refractivity contribution in [2.45, 2.75) is 44.2 Å². The second-order valence-electron chi connectivity index (χ2n) is 4.84. The minimum Gasteiger partial charge on any atom is -0.395 e. The van der Waals surface area contributed by atoms with Crippen LogP contribution in [0, 0.1) is 5.92 Å². The molecule has 1 saturated heterocycles. The van der Waals surface area contributed by atoms with Crippen LogP contribution >= 0.6 is 0 Å². The van der Waals surface area contributed by atoms with Gasteiger partial charge >= 0.3 is 0 Å². The Morgan fingerprint density at radius 1 is 1.29 bits per heavy atom. The van der Waals surface area contributed by atoms with Crippen molar-refractivity contribution in [3.8, 4) is 0 Å². The fourth-order valence-corrected chi connectivity index (χ4v) is 3.14. The molecule has 14 heavy (non-hydrogen) atoms. The molecule has 3 heteroatoms. The molecule has 3 N–H and O–H groups in total. The van der Waals surface area contributed by atoms with Gasteiger partial charge in [0.15, 0.2) is 0 Å². The number of fused-ring (bicyclic) bond motifs is 1. The summed E-state index contributed by atoms with van der Waals surface area (Å²) in [6, 6.07) is 0.732. The van der Waals surface area contributed by atoms with E-state index in [-0.39, 0.29) is 12.6 Å². The van der Waals surface area contributed by atoms with Crippen LogP contribution in [0.2, 0.25) is 0 Å². The van der Waals surface area contributed by atoms with Crippen LogP contribution < -0.4 is 5.73 Å². The molecule has 3 nitrogen and oxygen atoms in total. The summed E-state index contributed by atoms with van der Waals surface area (Å²) in [5, 5.41) is 8.95. The average Bonchev–Trinajstić information content (AvgIpc) is 2.66. The summed E-state index contributed by atoms with van der Waals surface area (Å²) in [7, 11) is 0. The minimum atomic E-state index is -0.0469. The lowest BCUT2D eigenvalue weighted by molar-refractivity contribution is 0.0956. The normalized spacial score (nSPS) is 35.6. The molecule has 0 spiro atoms. The van der Waals surface area contributed by atoms with E-state index >= 15 is 0 Å². The number of aliphatic hydroxyl groups is 1. The van der Waals surface area contributed by atoms with Gasteiger partial charge in [-0.1, -0.05) is 6.42 Å². The Morgan fingerprint density at radius 3 is 2.86 bits per heavy atom. The van der Waals surface area contributed by atoms with Gasteiger partial charge in [0.2, 0.25) is 0 Å². The Labute approximate surface area is 86.3 Å². The number of hydrogen-bond donors (Lipinski definition) is 2. The van der Waals surface area contributed by atoms with Crippen molar-refractivity contribution in [3.05, 3.63) is 0 Å². The Hall–Kier alpha value is -0.120. The molecule has 2 fully saturated rings. The van der Waals surface area contributed by atoms with Gasteiger partial charge < -0.3 is 10.8 Å². The quantitative estimate of drug-likeness (QED) is 0.697. The number of hydrogen-bond acceptors (Lipinski definition) is 3. The fourth-order valence-electron chi connectivity index (χ4n) is 3.14. The first-order valence-electron chi connectivity index (χ1n) is 5.91. The lowest BCUT2D eigenvalue weighted by Gasteiger charge is -2.38. The molecule has 1 aliphatic carbocycles. The highest BCUT2D eigenvalue weighted by atomic mass is 16.3.